The van der Waals surface area contributed by atoms with Gasteiger partial charge in [-0.25, -0.2) is 14.2 Å². The molecule has 0 saturated heterocycles. The van der Waals surface area contributed by atoms with E-state index in [0.29, 0.717) is 22.3 Å². The number of hydrogen-bond acceptors (Lipinski definition) is 5. The Bertz CT molecular complexity index is 1510. The number of fused-ring (bicyclic) bond motifs is 1. The number of carbonyl (C=O) groups excluding carboxylic acids is 1. The first kappa shape index (κ1) is 25.7. The van der Waals surface area contributed by atoms with Gasteiger partial charge in [0.05, 0.1) is 30.3 Å². The zero-order chi connectivity index (χ0) is 26.9. The lowest BCUT2D eigenvalue weighted by atomic mass is 10.0. The summed E-state index contributed by atoms with van der Waals surface area (Å²) in [5.41, 5.74) is 2.12. The summed E-state index contributed by atoms with van der Waals surface area (Å²) >= 11 is 0. The minimum Gasteiger partial charge on any atom is -0.494 e. The number of hydrogen-bond donors (Lipinski definition) is 2. The molecule has 7 nitrogen and oxygen atoms in total. The SMILES string of the molecule is COc1ccc(C(=O)c2cc(NCCC(F)(F)F)c3ncn(-c4ccc(C(=O)O)c(C)c4)c3c2)cc1F. The van der Waals surface area contributed by atoms with E-state index in [1.807, 2.05) is 0 Å². The van der Waals surface area contributed by atoms with Crippen LogP contribution in [0.15, 0.2) is 54.9 Å². The van der Waals surface area contributed by atoms with Crippen LogP contribution in [0.25, 0.3) is 16.7 Å². The summed E-state index contributed by atoms with van der Waals surface area (Å²) in [6.45, 7) is 1.18. The van der Waals surface area contributed by atoms with Gasteiger partial charge in [0.15, 0.2) is 17.3 Å². The monoisotopic (exact) mass is 515 g/mol. The molecule has 0 spiro atoms. The second kappa shape index (κ2) is 9.92. The molecule has 0 unspecified atom stereocenters. The van der Waals surface area contributed by atoms with Crippen LogP contribution in [0.3, 0.4) is 0 Å². The fourth-order valence-corrected chi connectivity index (χ4v) is 3.94. The van der Waals surface area contributed by atoms with Gasteiger partial charge in [0.2, 0.25) is 0 Å². The van der Waals surface area contributed by atoms with Crippen molar-refractivity contribution in [2.24, 2.45) is 0 Å². The van der Waals surface area contributed by atoms with Crippen molar-refractivity contribution < 1.29 is 37.0 Å². The lowest BCUT2D eigenvalue weighted by molar-refractivity contribution is -0.131. The molecule has 11 heteroatoms. The summed E-state index contributed by atoms with van der Waals surface area (Å²) in [5.74, 6) is -2.43. The molecule has 3 aromatic carbocycles. The van der Waals surface area contributed by atoms with Crippen molar-refractivity contribution in [3.05, 3.63) is 82.9 Å². The number of imidazole rings is 1. The summed E-state index contributed by atoms with van der Waals surface area (Å²) in [4.78, 5) is 29.0. The molecule has 2 N–H and O–H groups in total. The third-order valence-electron chi connectivity index (χ3n) is 5.77. The molecular weight excluding hydrogens is 494 g/mol. The number of alkyl halides is 3. The van der Waals surface area contributed by atoms with Gasteiger partial charge >= 0.3 is 12.1 Å². The van der Waals surface area contributed by atoms with E-state index in [1.54, 1.807) is 23.6 Å². The Morgan fingerprint density at radius 2 is 1.84 bits per heavy atom. The van der Waals surface area contributed by atoms with Gasteiger partial charge in [0.25, 0.3) is 0 Å². The highest BCUT2D eigenvalue weighted by molar-refractivity contribution is 6.12. The van der Waals surface area contributed by atoms with Crippen molar-refractivity contribution in [2.75, 3.05) is 19.0 Å². The number of ether oxygens (including phenoxy) is 1. The molecule has 1 aromatic heterocycles. The number of aromatic nitrogens is 2. The average Bonchev–Trinajstić information content (AvgIpc) is 3.26. The van der Waals surface area contributed by atoms with Crippen molar-refractivity contribution in [1.29, 1.82) is 0 Å². The number of benzene rings is 3. The third-order valence-corrected chi connectivity index (χ3v) is 5.77. The summed E-state index contributed by atoms with van der Waals surface area (Å²) in [6, 6.07) is 11.2. The Labute approximate surface area is 208 Å². The lowest BCUT2D eigenvalue weighted by Crippen LogP contribution is -2.15. The van der Waals surface area contributed by atoms with Crippen molar-refractivity contribution in [2.45, 2.75) is 19.5 Å². The summed E-state index contributed by atoms with van der Waals surface area (Å²) in [6.07, 6.45) is -4.06. The number of carboxylic acids is 1. The van der Waals surface area contributed by atoms with E-state index in [9.17, 15) is 32.3 Å². The Morgan fingerprint density at radius 3 is 2.46 bits per heavy atom. The number of methoxy groups -OCH3 is 1. The number of ketones is 1. The van der Waals surface area contributed by atoms with Gasteiger partial charge in [0, 0.05) is 23.4 Å². The van der Waals surface area contributed by atoms with Crippen LogP contribution in [0.5, 0.6) is 5.75 Å². The Balaban J connectivity index is 1.83. The number of anilines is 1. The molecular formula is C26H21F4N3O4. The van der Waals surface area contributed by atoms with E-state index in [1.165, 1.54) is 43.8 Å². The minimum atomic E-state index is -4.39. The van der Waals surface area contributed by atoms with Crippen LogP contribution in [0.1, 0.15) is 38.3 Å². The van der Waals surface area contributed by atoms with Gasteiger partial charge in [-0.2, -0.15) is 13.2 Å². The molecule has 1 heterocycles. The molecule has 4 aromatic rings. The molecule has 0 saturated carbocycles. The second-order valence-electron chi connectivity index (χ2n) is 8.28. The largest absolute Gasteiger partial charge is 0.494 e. The van der Waals surface area contributed by atoms with Gasteiger partial charge in [-0.1, -0.05) is 0 Å². The molecule has 0 fully saturated rings. The van der Waals surface area contributed by atoms with E-state index in [4.69, 9.17) is 4.74 Å². The maximum absolute atomic E-state index is 14.2. The van der Waals surface area contributed by atoms with Gasteiger partial charge in [-0.3, -0.25) is 9.36 Å². The van der Waals surface area contributed by atoms with Crippen LogP contribution in [-0.4, -0.2) is 46.2 Å². The minimum absolute atomic E-state index is 0.0200. The van der Waals surface area contributed by atoms with Gasteiger partial charge in [-0.05, 0) is 61.0 Å². The molecule has 37 heavy (non-hydrogen) atoms. The molecule has 0 aliphatic carbocycles. The molecule has 0 bridgehead atoms. The molecule has 0 radical (unpaired) electrons. The summed E-state index contributed by atoms with van der Waals surface area (Å²) in [5, 5.41) is 12.0. The smallest absolute Gasteiger partial charge is 0.390 e. The third kappa shape index (κ3) is 5.40. The van der Waals surface area contributed by atoms with Crippen molar-refractivity contribution >= 4 is 28.5 Å². The molecule has 0 aliphatic rings. The van der Waals surface area contributed by atoms with Gasteiger partial charge in [0.1, 0.15) is 11.8 Å². The normalized spacial score (nSPS) is 11.5. The number of aryl methyl sites for hydroxylation is 1. The predicted molar refractivity (Wildman–Crippen MR) is 128 cm³/mol. The van der Waals surface area contributed by atoms with Crippen LogP contribution >= 0.6 is 0 Å². The number of halogens is 4. The van der Waals surface area contributed by atoms with Crippen LogP contribution in [0.4, 0.5) is 23.2 Å². The zero-order valence-electron chi connectivity index (χ0n) is 19.7. The molecule has 0 aliphatic heterocycles. The number of carboxylic acid groups (broad SMARTS) is 1. The van der Waals surface area contributed by atoms with Crippen LogP contribution in [-0.2, 0) is 0 Å². The number of carbonyl (C=O) groups is 2. The van der Waals surface area contributed by atoms with E-state index < -0.39 is 36.7 Å². The highest BCUT2D eigenvalue weighted by Crippen LogP contribution is 2.30. The molecule has 0 amide bonds. The fourth-order valence-electron chi connectivity index (χ4n) is 3.94. The highest BCUT2D eigenvalue weighted by Gasteiger charge is 2.26. The number of aromatic carboxylic acids is 1. The first-order chi connectivity index (χ1) is 17.5. The summed E-state index contributed by atoms with van der Waals surface area (Å²) < 4.78 is 59.0. The van der Waals surface area contributed by atoms with Crippen molar-refractivity contribution in [3.8, 4) is 11.4 Å². The molecule has 192 valence electrons. The van der Waals surface area contributed by atoms with E-state index in [2.05, 4.69) is 10.3 Å². The van der Waals surface area contributed by atoms with E-state index >= 15 is 0 Å². The van der Waals surface area contributed by atoms with Gasteiger partial charge < -0.3 is 15.2 Å². The standard InChI is InChI=1S/C26H21F4N3O4/c1-14-9-17(4-5-18(14)25(35)36)33-13-32-23-20(31-8-7-26(28,29)30)11-16(12-21(23)33)24(34)15-3-6-22(37-2)19(27)10-15/h3-6,9-13,31H,7-8H2,1-2H3,(H,35,36). The number of nitrogens with one attached hydrogen (secondary N) is 1. The maximum atomic E-state index is 14.2. The topological polar surface area (TPSA) is 93.5 Å². The Kier molecular flexibility index (Phi) is 6.88. The van der Waals surface area contributed by atoms with Crippen molar-refractivity contribution in [1.82, 2.24) is 9.55 Å². The van der Waals surface area contributed by atoms with E-state index in [0.717, 1.165) is 6.07 Å². The van der Waals surface area contributed by atoms with Crippen LogP contribution in [0, 0.1) is 12.7 Å². The predicted octanol–water partition coefficient (Wildman–Crippen LogP) is 5.78. The first-order valence-corrected chi connectivity index (χ1v) is 11.0. The van der Waals surface area contributed by atoms with Crippen LogP contribution in [0.2, 0.25) is 0 Å². The van der Waals surface area contributed by atoms with Crippen molar-refractivity contribution in [3.63, 3.8) is 0 Å². The second-order valence-corrected chi connectivity index (χ2v) is 8.28. The Morgan fingerprint density at radius 1 is 1.08 bits per heavy atom. The van der Waals surface area contributed by atoms with Crippen LogP contribution < -0.4 is 10.1 Å². The van der Waals surface area contributed by atoms with E-state index in [-0.39, 0.29) is 28.1 Å². The lowest BCUT2D eigenvalue weighted by Gasteiger charge is -2.13. The highest BCUT2D eigenvalue weighted by atomic mass is 19.4. The average molecular weight is 515 g/mol. The summed E-state index contributed by atoms with van der Waals surface area (Å²) in [7, 11) is 1.29. The maximum Gasteiger partial charge on any atom is 0.390 e. The quantitative estimate of drug-likeness (QED) is 0.228. The zero-order valence-corrected chi connectivity index (χ0v) is 19.7. The van der Waals surface area contributed by atoms with Gasteiger partial charge in [-0.15, -0.1) is 0 Å². The first-order valence-electron chi connectivity index (χ1n) is 11.0. The number of nitrogens with zero attached hydrogens (tertiary/aromatic N) is 2. The fraction of sp³-hybridized carbons (Fsp3) is 0.192. The Hall–Kier alpha value is -4.41. The number of rotatable bonds is 8. The molecule has 0 atom stereocenters. The molecule has 4 rings (SSSR count).